The van der Waals surface area contributed by atoms with Crippen LogP contribution in [-0.4, -0.2) is 6.67 Å². The van der Waals surface area contributed by atoms with Gasteiger partial charge < -0.3 is 0 Å². The molecule has 0 radical (unpaired) electrons. The van der Waals surface area contributed by atoms with E-state index in [4.69, 9.17) is 0 Å². The number of unbranched alkanes of at least 4 members (excludes halogenated alkanes) is 1. The summed E-state index contributed by atoms with van der Waals surface area (Å²) in [5.41, 5.74) is 2.95. The first-order valence-electron chi connectivity index (χ1n) is 12.5. The van der Waals surface area contributed by atoms with Gasteiger partial charge in [0.2, 0.25) is 0 Å². The van der Waals surface area contributed by atoms with E-state index < -0.39 is 0 Å². The van der Waals surface area contributed by atoms with E-state index in [9.17, 15) is 4.39 Å². The predicted molar refractivity (Wildman–Crippen MR) is 124 cm³/mol. The highest BCUT2D eigenvalue weighted by atomic mass is 19.1. The molecule has 0 nitrogen and oxygen atoms in total. The first-order valence-corrected chi connectivity index (χ1v) is 12.5. The minimum Gasteiger partial charge on any atom is -0.251 e. The second-order valence-corrected chi connectivity index (χ2v) is 9.97. The van der Waals surface area contributed by atoms with E-state index in [1.54, 1.807) is 5.56 Å². The molecule has 0 amide bonds. The van der Waals surface area contributed by atoms with Gasteiger partial charge in [-0.05, 0) is 81.1 Å². The van der Waals surface area contributed by atoms with Gasteiger partial charge in [-0.15, -0.1) is 0 Å². The van der Waals surface area contributed by atoms with Gasteiger partial charge in [-0.1, -0.05) is 86.9 Å². The van der Waals surface area contributed by atoms with Crippen LogP contribution in [0, 0.1) is 24.7 Å². The molecule has 2 aliphatic rings. The number of hydrogen-bond donors (Lipinski definition) is 0. The van der Waals surface area contributed by atoms with Crippen molar-refractivity contribution in [2.75, 3.05) is 6.67 Å². The van der Waals surface area contributed by atoms with Crippen molar-refractivity contribution < 1.29 is 4.39 Å². The van der Waals surface area contributed by atoms with Crippen LogP contribution in [0.15, 0.2) is 36.4 Å². The highest BCUT2D eigenvalue weighted by Gasteiger charge is 2.25. The maximum Gasteiger partial charge on any atom is 0.0928 e. The van der Waals surface area contributed by atoms with E-state index in [0.717, 1.165) is 30.1 Å². The van der Waals surface area contributed by atoms with Gasteiger partial charge in [-0.2, -0.15) is 0 Å². The molecule has 0 aliphatic heterocycles. The summed E-state index contributed by atoms with van der Waals surface area (Å²) in [5.74, 6) is 3.77. The van der Waals surface area contributed by atoms with Crippen LogP contribution in [0.1, 0.15) is 107 Å². The number of hydrogen-bond acceptors (Lipinski definition) is 0. The number of alkyl halides is 1. The quantitative estimate of drug-likeness (QED) is 0.272. The van der Waals surface area contributed by atoms with Gasteiger partial charge in [0.05, 0.1) is 6.67 Å². The Morgan fingerprint density at radius 2 is 1.24 bits per heavy atom. The van der Waals surface area contributed by atoms with Crippen LogP contribution in [0.2, 0.25) is 0 Å². The highest BCUT2D eigenvalue weighted by molar-refractivity contribution is 5.24. The Kier molecular flexibility index (Phi) is 9.77. The molecular weight excluding hydrogens is 355 g/mol. The van der Waals surface area contributed by atoms with Gasteiger partial charge in [0.25, 0.3) is 0 Å². The van der Waals surface area contributed by atoms with Crippen LogP contribution >= 0.6 is 0 Å². The largest absolute Gasteiger partial charge is 0.251 e. The lowest BCUT2D eigenvalue weighted by Gasteiger charge is -2.32. The third-order valence-electron chi connectivity index (χ3n) is 7.77. The molecule has 162 valence electrons. The van der Waals surface area contributed by atoms with E-state index >= 15 is 0 Å². The minimum absolute atomic E-state index is 0.214. The van der Waals surface area contributed by atoms with Crippen LogP contribution in [0.4, 0.5) is 4.39 Å². The van der Waals surface area contributed by atoms with Crippen molar-refractivity contribution in [3.8, 4) is 0 Å². The molecule has 0 bridgehead atoms. The first-order chi connectivity index (χ1) is 14.2. The number of allylic oxidation sites excluding steroid dienone is 2. The molecule has 0 unspecified atom stereocenters. The number of rotatable bonds is 10. The molecule has 0 atom stereocenters. The summed E-state index contributed by atoms with van der Waals surface area (Å²) in [7, 11) is 0. The number of aryl methyl sites for hydroxylation is 1. The first kappa shape index (κ1) is 22.6. The average molecular weight is 399 g/mol. The van der Waals surface area contributed by atoms with E-state index in [2.05, 4.69) is 37.3 Å². The van der Waals surface area contributed by atoms with Crippen molar-refractivity contribution in [1.29, 1.82) is 0 Å². The SMILES string of the molecule is Cc1ccc(C2CCC(CCC3CCC(CCCC=CCCF)CC3)CC2)cc1. The third kappa shape index (κ3) is 7.91. The molecular formula is C28H43F. The lowest BCUT2D eigenvalue weighted by molar-refractivity contribution is 0.223. The molecule has 1 aromatic carbocycles. The van der Waals surface area contributed by atoms with Crippen molar-refractivity contribution >= 4 is 0 Å². The van der Waals surface area contributed by atoms with Crippen LogP contribution in [0.3, 0.4) is 0 Å². The molecule has 0 aromatic heterocycles. The summed E-state index contributed by atoms with van der Waals surface area (Å²) in [6.45, 7) is 1.97. The van der Waals surface area contributed by atoms with Crippen molar-refractivity contribution in [2.45, 2.75) is 103 Å². The highest BCUT2D eigenvalue weighted by Crippen LogP contribution is 2.40. The number of halogens is 1. The molecule has 29 heavy (non-hydrogen) atoms. The van der Waals surface area contributed by atoms with Gasteiger partial charge in [0.15, 0.2) is 0 Å². The van der Waals surface area contributed by atoms with Gasteiger partial charge >= 0.3 is 0 Å². The van der Waals surface area contributed by atoms with Crippen LogP contribution < -0.4 is 0 Å². The standard InChI is InChI=1S/C28H43F/c1-23-8-18-27(19-9-23)28-20-16-26(17-21-28)15-14-25-12-10-24(11-13-25)7-5-3-2-4-6-22-29/h2,4,8-9,18-19,24-26,28H,3,5-7,10-17,20-22H2,1H3. The zero-order chi connectivity index (χ0) is 20.3. The number of benzene rings is 1. The fourth-order valence-corrected chi connectivity index (χ4v) is 5.73. The molecule has 1 aromatic rings. The molecule has 0 heterocycles. The van der Waals surface area contributed by atoms with E-state index in [1.807, 2.05) is 6.08 Å². The van der Waals surface area contributed by atoms with Gasteiger partial charge in [-0.25, -0.2) is 0 Å². The fourth-order valence-electron chi connectivity index (χ4n) is 5.73. The summed E-state index contributed by atoms with van der Waals surface area (Å²) >= 11 is 0. The second kappa shape index (κ2) is 12.6. The molecule has 1 heteroatoms. The molecule has 3 rings (SSSR count). The van der Waals surface area contributed by atoms with E-state index in [0.29, 0.717) is 6.42 Å². The topological polar surface area (TPSA) is 0 Å². The minimum atomic E-state index is -0.214. The Bertz CT molecular complexity index is 571. The monoisotopic (exact) mass is 398 g/mol. The van der Waals surface area contributed by atoms with Crippen LogP contribution in [0.25, 0.3) is 0 Å². The smallest absolute Gasteiger partial charge is 0.0928 e. The van der Waals surface area contributed by atoms with Crippen LogP contribution in [0.5, 0.6) is 0 Å². The van der Waals surface area contributed by atoms with Crippen molar-refractivity contribution in [3.05, 3.63) is 47.5 Å². The second-order valence-electron chi connectivity index (χ2n) is 9.97. The molecule has 2 fully saturated rings. The fraction of sp³-hybridized carbons (Fsp3) is 0.714. The Balaban J connectivity index is 1.25. The van der Waals surface area contributed by atoms with Gasteiger partial charge in [-0.3, -0.25) is 4.39 Å². The summed E-state index contributed by atoms with van der Waals surface area (Å²) in [5, 5.41) is 0. The van der Waals surface area contributed by atoms with Gasteiger partial charge in [0, 0.05) is 0 Å². The zero-order valence-electron chi connectivity index (χ0n) is 18.8. The van der Waals surface area contributed by atoms with E-state index in [1.165, 1.54) is 82.6 Å². The maximum atomic E-state index is 12.1. The Morgan fingerprint density at radius 1 is 0.724 bits per heavy atom. The van der Waals surface area contributed by atoms with E-state index in [-0.39, 0.29) is 6.67 Å². The summed E-state index contributed by atoms with van der Waals surface area (Å²) in [6.07, 6.45) is 23.1. The summed E-state index contributed by atoms with van der Waals surface area (Å²) < 4.78 is 12.1. The Hall–Kier alpha value is -1.11. The van der Waals surface area contributed by atoms with Crippen molar-refractivity contribution in [1.82, 2.24) is 0 Å². The summed E-state index contributed by atoms with van der Waals surface area (Å²) in [4.78, 5) is 0. The van der Waals surface area contributed by atoms with Gasteiger partial charge in [0.1, 0.15) is 0 Å². The molecule has 2 saturated carbocycles. The lowest BCUT2D eigenvalue weighted by Crippen LogP contribution is -2.17. The average Bonchev–Trinajstić information content (AvgIpc) is 2.76. The van der Waals surface area contributed by atoms with Crippen molar-refractivity contribution in [3.63, 3.8) is 0 Å². The lowest BCUT2D eigenvalue weighted by atomic mass is 9.74. The molecule has 2 aliphatic carbocycles. The van der Waals surface area contributed by atoms with Crippen LogP contribution in [-0.2, 0) is 0 Å². The van der Waals surface area contributed by atoms with Crippen molar-refractivity contribution in [2.24, 2.45) is 17.8 Å². The Morgan fingerprint density at radius 3 is 1.83 bits per heavy atom. The molecule has 0 spiro atoms. The molecule has 0 saturated heterocycles. The Labute approximate surface area is 179 Å². The summed E-state index contributed by atoms with van der Waals surface area (Å²) in [6, 6.07) is 9.28. The normalized spacial score (nSPS) is 28.1. The third-order valence-corrected chi connectivity index (χ3v) is 7.77. The molecule has 0 N–H and O–H groups in total. The zero-order valence-corrected chi connectivity index (χ0v) is 18.8. The predicted octanol–water partition coefficient (Wildman–Crippen LogP) is 8.94. The maximum absolute atomic E-state index is 12.1.